The van der Waals surface area contributed by atoms with E-state index in [-0.39, 0.29) is 11.9 Å². The molecule has 2 nitrogen and oxygen atoms in total. The Morgan fingerprint density at radius 3 is 2.30 bits per heavy atom. The number of rotatable bonds is 0. The molecule has 2 bridgehead atoms. The maximum Gasteiger partial charge on any atom is 0.309 e. The van der Waals surface area contributed by atoms with Crippen molar-refractivity contribution in [2.45, 2.75) is 39.2 Å². The number of carbonyl (C=O) groups excluding carboxylic acids is 1. The van der Waals surface area contributed by atoms with Gasteiger partial charge in [-0.15, -0.1) is 0 Å². The smallest absolute Gasteiger partial charge is 0.309 e. The normalized spacial score (nSPS) is 34.8. The van der Waals surface area contributed by atoms with E-state index in [1.165, 1.54) is 0 Å². The average Bonchev–Trinajstić information content (AvgIpc) is 2.52. The van der Waals surface area contributed by atoms with E-state index in [2.05, 4.69) is 0 Å². The quantitative estimate of drug-likeness (QED) is 0.481. The van der Waals surface area contributed by atoms with Crippen LogP contribution in [0.2, 0.25) is 0 Å². The molecule has 1 saturated carbocycles. The molecule has 2 aliphatic rings. The Labute approximate surface area is 61.6 Å². The molecular weight excluding hydrogens is 128 g/mol. The van der Waals surface area contributed by atoms with Crippen molar-refractivity contribution in [3.63, 3.8) is 0 Å². The number of esters is 1. The largest absolute Gasteiger partial charge is 0.462 e. The topological polar surface area (TPSA) is 26.3 Å². The highest BCUT2D eigenvalue weighted by atomic mass is 16.6. The molecule has 0 aromatic carbocycles. The third-order valence-electron chi connectivity index (χ3n) is 2.00. The van der Waals surface area contributed by atoms with Crippen molar-refractivity contribution in [2.75, 3.05) is 0 Å². The van der Waals surface area contributed by atoms with E-state index in [4.69, 9.17) is 4.74 Å². The highest BCUT2D eigenvalue weighted by Gasteiger charge is 2.40. The predicted molar refractivity (Wildman–Crippen MR) is 38.6 cm³/mol. The van der Waals surface area contributed by atoms with Gasteiger partial charge in [-0.25, -0.2) is 0 Å². The van der Waals surface area contributed by atoms with E-state index < -0.39 is 0 Å². The van der Waals surface area contributed by atoms with Crippen molar-refractivity contribution in [2.24, 2.45) is 5.92 Å². The van der Waals surface area contributed by atoms with Crippen molar-refractivity contribution >= 4 is 5.97 Å². The van der Waals surface area contributed by atoms with Crippen molar-refractivity contribution < 1.29 is 9.53 Å². The number of carbonyl (C=O) groups is 1. The lowest BCUT2D eigenvalue weighted by atomic mass is 10.1. The van der Waals surface area contributed by atoms with Gasteiger partial charge in [-0.05, 0) is 19.3 Å². The average molecular weight is 142 g/mol. The SMILES string of the molecule is CC.O=C1OC2CCC1C2. The van der Waals surface area contributed by atoms with Gasteiger partial charge in [0.1, 0.15) is 6.10 Å². The summed E-state index contributed by atoms with van der Waals surface area (Å²) >= 11 is 0. The second-order valence-corrected chi connectivity index (χ2v) is 2.57. The molecule has 0 amide bonds. The van der Waals surface area contributed by atoms with Gasteiger partial charge in [0.2, 0.25) is 0 Å². The van der Waals surface area contributed by atoms with Crippen LogP contribution in [-0.4, -0.2) is 12.1 Å². The molecule has 58 valence electrons. The summed E-state index contributed by atoms with van der Waals surface area (Å²) < 4.78 is 4.92. The Kier molecular flexibility index (Phi) is 2.30. The van der Waals surface area contributed by atoms with Crippen molar-refractivity contribution in [1.82, 2.24) is 0 Å². The molecule has 2 heteroatoms. The Balaban J connectivity index is 0.000000231. The number of ether oxygens (including phenoxy) is 1. The molecule has 2 unspecified atom stereocenters. The minimum absolute atomic E-state index is 0.0428. The first-order valence-electron chi connectivity index (χ1n) is 4.07. The first-order chi connectivity index (χ1) is 4.86. The number of hydrogen-bond donors (Lipinski definition) is 0. The minimum atomic E-state index is 0.0428. The lowest BCUT2D eigenvalue weighted by Crippen LogP contribution is -2.13. The zero-order chi connectivity index (χ0) is 7.56. The number of fused-ring (bicyclic) bond motifs is 2. The van der Waals surface area contributed by atoms with Crippen LogP contribution in [0.1, 0.15) is 33.1 Å². The summed E-state index contributed by atoms with van der Waals surface area (Å²) in [6.45, 7) is 4.00. The van der Waals surface area contributed by atoms with Gasteiger partial charge in [0.25, 0.3) is 0 Å². The van der Waals surface area contributed by atoms with Gasteiger partial charge >= 0.3 is 5.97 Å². The molecule has 0 spiro atoms. The Bertz CT molecular complexity index is 131. The first-order valence-corrected chi connectivity index (χ1v) is 4.07. The minimum Gasteiger partial charge on any atom is -0.462 e. The third-order valence-corrected chi connectivity index (χ3v) is 2.00. The number of hydrogen-bond acceptors (Lipinski definition) is 2. The monoisotopic (exact) mass is 142 g/mol. The molecule has 0 N–H and O–H groups in total. The summed E-state index contributed by atoms with van der Waals surface area (Å²) in [6.07, 6.45) is 3.48. The molecular formula is C8H14O2. The van der Waals surface area contributed by atoms with Gasteiger partial charge in [0, 0.05) is 0 Å². The molecule has 0 aromatic heterocycles. The molecule has 10 heavy (non-hydrogen) atoms. The zero-order valence-electron chi connectivity index (χ0n) is 6.59. The van der Waals surface area contributed by atoms with Gasteiger partial charge in [0.05, 0.1) is 5.92 Å². The van der Waals surface area contributed by atoms with Crippen molar-refractivity contribution in [3.05, 3.63) is 0 Å². The second kappa shape index (κ2) is 3.04. The van der Waals surface area contributed by atoms with Crippen LogP contribution in [0.25, 0.3) is 0 Å². The summed E-state index contributed by atoms with van der Waals surface area (Å²) in [4.78, 5) is 10.6. The van der Waals surface area contributed by atoms with Crippen LogP contribution < -0.4 is 0 Å². The molecule has 1 heterocycles. The highest BCUT2D eigenvalue weighted by Crippen LogP contribution is 2.35. The van der Waals surface area contributed by atoms with Gasteiger partial charge in [-0.1, -0.05) is 13.8 Å². The molecule has 1 aliphatic heterocycles. The summed E-state index contributed by atoms with van der Waals surface area (Å²) in [5.74, 6) is 0.321. The lowest BCUT2D eigenvalue weighted by Gasteiger charge is -2.07. The van der Waals surface area contributed by atoms with Gasteiger partial charge in [0.15, 0.2) is 0 Å². The Morgan fingerprint density at radius 2 is 2.10 bits per heavy atom. The fraction of sp³-hybridized carbons (Fsp3) is 0.875. The summed E-state index contributed by atoms with van der Waals surface area (Å²) in [5, 5.41) is 0. The molecule has 2 fully saturated rings. The highest BCUT2D eigenvalue weighted by molar-refractivity contribution is 5.75. The van der Waals surface area contributed by atoms with Crippen LogP contribution in [0.5, 0.6) is 0 Å². The maximum atomic E-state index is 10.6. The molecule has 2 rings (SSSR count). The van der Waals surface area contributed by atoms with Crippen LogP contribution in [0.3, 0.4) is 0 Å². The van der Waals surface area contributed by atoms with Gasteiger partial charge in [-0.2, -0.15) is 0 Å². The predicted octanol–water partition coefficient (Wildman–Crippen LogP) is 1.74. The molecule has 2 atom stereocenters. The zero-order valence-corrected chi connectivity index (χ0v) is 6.59. The van der Waals surface area contributed by atoms with Crippen LogP contribution >= 0.6 is 0 Å². The van der Waals surface area contributed by atoms with E-state index in [9.17, 15) is 4.79 Å². The summed E-state index contributed by atoms with van der Waals surface area (Å²) in [6, 6.07) is 0. The Morgan fingerprint density at radius 1 is 1.40 bits per heavy atom. The van der Waals surface area contributed by atoms with E-state index >= 15 is 0 Å². The van der Waals surface area contributed by atoms with Crippen LogP contribution in [0.4, 0.5) is 0 Å². The molecule has 0 radical (unpaired) electrons. The van der Waals surface area contributed by atoms with E-state index in [1.807, 2.05) is 13.8 Å². The first kappa shape index (κ1) is 7.58. The third kappa shape index (κ3) is 1.15. The van der Waals surface area contributed by atoms with Crippen LogP contribution in [-0.2, 0) is 9.53 Å². The maximum absolute atomic E-state index is 10.6. The fourth-order valence-corrected chi connectivity index (χ4v) is 1.52. The summed E-state index contributed by atoms with van der Waals surface area (Å²) in [7, 11) is 0. The molecule has 0 aromatic rings. The van der Waals surface area contributed by atoms with E-state index in [1.54, 1.807) is 0 Å². The van der Waals surface area contributed by atoms with Crippen molar-refractivity contribution in [1.29, 1.82) is 0 Å². The summed E-state index contributed by atoms with van der Waals surface area (Å²) in [5.41, 5.74) is 0. The standard InChI is InChI=1S/C6H8O2.C2H6/c7-6-4-1-2-5(3-4)8-6;1-2/h4-5H,1-3H2;1-2H3. The van der Waals surface area contributed by atoms with Crippen LogP contribution in [0.15, 0.2) is 0 Å². The Hall–Kier alpha value is -0.530. The van der Waals surface area contributed by atoms with E-state index in [0.29, 0.717) is 6.10 Å². The van der Waals surface area contributed by atoms with Gasteiger partial charge < -0.3 is 4.74 Å². The fourth-order valence-electron chi connectivity index (χ4n) is 1.52. The van der Waals surface area contributed by atoms with E-state index in [0.717, 1.165) is 19.3 Å². The van der Waals surface area contributed by atoms with Crippen LogP contribution in [0, 0.1) is 5.92 Å². The van der Waals surface area contributed by atoms with Crippen molar-refractivity contribution in [3.8, 4) is 0 Å². The second-order valence-electron chi connectivity index (χ2n) is 2.57. The molecule has 1 aliphatic carbocycles. The molecule has 1 saturated heterocycles. The lowest BCUT2D eigenvalue weighted by molar-refractivity contribution is -0.147. The van der Waals surface area contributed by atoms with Gasteiger partial charge in [-0.3, -0.25) is 4.79 Å².